The molecule has 0 N–H and O–H groups in total. The van der Waals surface area contributed by atoms with E-state index in [9.17, 15) is 0 Å². The van der Waals surface area contributed by atoms with Gasteiger partial charge < -0.3 is 4.57 Å². The molecule has 5 heterocycles. The lowest BCUT2D eigenvalue weighted by Crippen LogP contribution is -2.04. The maximum absolute atomic E-state index is 5.46. The molecule has 12 rings (SSSR count). The quantitative estimate of drug-likeness (QED) is 0.176. The fourth-order valence-corrected chi connectivity index (χ4v) is 9.53. The fourth-order valence-electron chi connectivity index (χ4n) is 8.46. The van der Waals surface area contributed by atoms with Gasteiger partial charge in [-0.25, -0.2) is 19.9 Å². The van der Waals surface area contributed by atoms with E-state index in [-0.39, 0.29) is 0 Å². The van der Waals surface area contributed by atoms with Crippen LogP contribution in [0.25, 0.3) is 110 Å². The zero-order chi connectivity index (χ0) is 37.5. The molecule has 5 aromatic heterocycles. The highest BCUT2D eigenvalue weighted by Gasteiger charge is 2.23. The third-order valence-corrected chi connectivity index (χ3v) is 12.1. The van der Waals surface area contributed by atoms with Crippen molar-refractivity contribution in [3.63, 3.8) is 0 Å². The van der Waals surface area contributed by atoms with Crippen LogP contribution in [0.5, 0.6) is 0 Å². The molecule has 0 aliphatic rings. The van der Waals surface area contributed by atoms with Gasteiger partial charge in [-0.1, -0.05) is 127 Å². The van der Waals surface area contributed by atoms with Crippen molar-refractivity contribution in [1.82, 2.24) is 29.1 Å². The van der Waals surface area contributed by atoms with Crippen molar-refractivity contribution >= 4 is 75.3 Å². The Morgan fingerprint density at radius 2 is 0.895 bits per heavy atom. The molecule has 12 aromatic rings. The predicted octanol–water partition coefficient (Wildman–Crippen LogP) is 12.8. The summed E-state index contributed by atoms with van der Waals surface area (Å²) >= 11 is 1.67. The Balaban J connectivity index is 1.13. The highest BCUT2D eigenvalue weighted by molar-refractivity contribution is 7.25. The molecule has 0 saturated carbocycles. The molecule has 0 fully saturated rings. The second-order valence-electron chi connectivity index (χ2n) is 14.3. The number of benzene rings is 7. The van der Waals surface area contributed by atoms with Crippen LogP contribution in [0.2, 0.25) is 0 Å². The van der Waals surface area contributed by atoms with Crippen molar-refractivity contribution in [2.75, 3.05) is 0 Å². The molecule has 0 bridgehead atoms. The van der Waals surface area contributed by atoms with E-state index in [1.54, 1.807) is 11.3 Å². The second kappa shape index (κ2) is 12.5. The molecule has 0 aliphatic carbocycles. The second-order valence-corrected chi connectivity index (χ2v) is 15.3. The lowest BCUT2D eigenvalue weighted by atomic mass is 10.0. The molecular weight excluding hydrogens is 717 g/mol. The van der Waals surface area contributed by atoms with Crippen LogP contribution in [0.4, 0.5) is 0 Å². The molecular formula is C50H30N6S. The zero-order valence-corrected chi connectivity index (χ0v) is 31.2. The highest BCUT2D eigenvalue weighted by Crippen LogP contribution is 2.41. The van der Waals surface area contributed by atoms with Gasteiger partial charge in [0.2, 0.25) is 5.82 Å². The van der Waals surface area contributed by atoms with Crippen molar-refractivity contribution in [2.45, 2.75) is 0 Å². The van der Waals surface area contributed by atoms with Crippen LogP contribution in [0, 0.1) is 0 Å². The standard InChI is InChI=1S/C50H30N6S/c1-3-15-31(16-4-1)39-30-40(32-27-28-44-38(29-32)36-21-9-11-23-41(36)55(44)33-17-5-2-6-18-33)52-47(51-39)48-53-49(46-37-22-10-14-26-45(37)57-50(46)54-48)56-42-24-12-7-19-34(42)35-20-8-13-25-43(35)56/h1-30H. The number of aromatic nitrogens is 6. The number of hydrogen-bond acceptors (Lipinski definition) is 5. The van der Waals surface area contributed by atoms with Gasteiger partial charge in [-0.2, -0.15) is 0 Å². The Labute approximate surface area is 330 Å². The van der Waals surface area contributed by atoms with Crippen LogP contribution >= 0.6 is 11.3 Å². The van der Waals surface area contributed by atoms with Crippen LogP contribution in [-0.2, 0) is 0 Å². The van der Waals surface area contributed by atoms with Gasteiger partial charge in [0, 0.05) is 48.4 Å². The Kier molecular flexibility index (Phi) is 7.00. The molecule has 7 aromatic carbocycles. The minimum atomic E-state index is 0.472. The number of thiophene rings is 1. The molecule has 6 nitrogen and oxygen atoms in total. The highest BCUT2D eigenvalue weighted by atomic mass is 32.1. The first-order valence-electron chi connectivity index (χ1n) is 19.0. The SMILES string of the molecule is c1ccc(-c2cc(-c3ccc4c(c3)c3ccccc3n4-c3ccccc3)nc(-c3nc(-n4c5ccccc5c5ccccc54)c4c(n3)sc3ccccc34)n2)cc1. The van der Waals surface area contributed by atoms with Gasteiger partial charge in [0.1, 0.15) is 4.83 Å². The average molecular weight is 747 g/mol. The van der Waals surface area contributed by atoms with Gasteiger partial charge in [-0.15, -0.1) is 11.3 Å². The summed E-state index contributed by atoms with van der Waals surface area (Å²) in [5.41, 5.74) is 9.19. The fraction of sp³-hybridized carbons (Fsp3) is 0. The number of hydrogen-bond donors (Lipinski definition) is 0. The summed E-state index contributed by atoms with van der Waals surface area (Å²) in [4.78, 5) is 22.2. The minimum absolute atomic E-state index is 0.472. The Morgan fingerprint density at radius 1 is 0.368 bits per heavy atom. The van der Waals surface area contributed by atoms with Crippen molar-refractivity contribution < 1.29 is 0 Å². The number of nitrogens with zero attached hydrogens (tertiary/aromatic N) is 6. The summed E-state index contributed by atoms with van der Waals surface area (Å²) in [5, 5.41) is 6.84. The van der Waals surface area contributed by atoms with E-state index in [4.69, 9.17) is 19.9 Å². The molecule has 0 radical (unpaired) electrons. The maximum Gasteiger partial charge on any atom is 0.201 e. The van der Waals surface area contributed by atoms with E-state index in [2.05, 4.69) is 173 Å². The minimum Gasteiger partial charge on any atom is -0.309 e. The third kappa shape index (κ3) is 4.96. The number of rotatable bonds is 5. The van der Waals surface area contributed by atoms with Crippen molar-refractivity contribution in [1.29, 1.82) is 0 Å². The molecule has 7 heteroatoms. The monoisotopic (exact) mass is 746 g/mol. The van der Waals surface area contributed by atoms with Crippen LogP contribution in [-0.4, -0.2) is 29.1 Å². The number of fused-ring (bicyclic) bond motifs is 9. The Morgan fingerprint density at radius 3 is 1.60 bits per heavy atom. The maximum atomic E-state index is 5.46. The number of para-hydroxylation sites is 4. The molecule has 0 amide bonds. The smallest absolute Gasteiger partial charge is 0.201 e. The van der Waals surface area contributed by atoms with Gasteiger partial charge in [0.15, 0.2) is 11.6 Å². The molecule has 0 spiro atoms. The lowest BCUT2D eigenvalue weighted by molar-refractivity contribution is 1.05. The van der Waals surface area contributed by atoms with E-state index >= 15 is 0 Å². The van der Waals surface area contributed by atoms with Gasteiger partial charge in [0.25, 0.3) is 0 Å². The normalized spacial score (nSPS) is 11.9. The van der Waals surface area contributed by atoms with Gasteiger partial charge in [-0.05, 0) is 54.6 Å². The Bertz CT molecular complexity index is 3470. The Hall–Kier alpha value is -7.48. The van der Waals surface area contributed by atoms with Gasteiger partial charge in [-0.3, -0.25) is 4.57 Å². The first-order valence-corrected chi connectivity index (χ1v) is 19.8. The van der Waals surface area contributed by atoms with E-state index in [1.165, 1.54) is 16.2 Å². The predicted molar refractivity (Wildman–Crippen MR) is 235 cm³/mol. The van der Waals surface area contributed by atoms with E-state index in [0.717, 1.165) is 81.8 Å². The summed E-state index contributed by atoms with van der Waals surface area (Å²) in [6.07, 6.45) is 0. The van der Waals surface area contributed by atoms with E-state index in [0.29, 0.717) is 11.6 Å². The molecule has 0 aliphatic heterocycles. The van der Waals surface area contributed by atoms with E-state index < -0.39 is 0 Å². The van der Waals surface area contributed by atoms with Crippen molar-refractivity contribution in [2.24, 2.45) is 0 Å². The van der Waals surface area contributed by atoms with Crippen LogP contribution in [0.3, 0.4) is 0 Å². The van der Waals surface area contributed by atoms with Crippen LogP contribution in [0.1, 0.15) is 0 Å². The summed E-state index contributed by atoms with van der Waals surface area (Å²) in [7, 11) is 0. The van der Waals surface area contributed by atoms with E-state index in [1.807, 2.05) is 18.2 Å². The summed E-state index contributed by atoms with van der Waals surface area (Å²) in [5.74, 6) is 1.77. The largest absolute Gasteiger partial charge is 0.309 e. The zero-order valence-electron chi connectivity index (χ0n) is 30.4. The third-order valence-electron chi connectivity index (χ3n) is 11.0. The van der Waals surface area contributed by atoms with Crippen molar-refractivity contribution in [3.8, 4) is 45.7 Å². The summed E-state index contributed by atoms with van der Waals surface area (Å²) in [6, 6.07) is 63.8. The molecule has 57 heavy (non-hydrogen) atoms. The van der Waals surface area contributed by atoms with Gasteiger partial charge >= 0.3 is 0 Å². The first-order chi connectivity index (χ1) is 28.3. The summed E-state index contributed by atoms with van der Waals surface area (Å²) < 4.78 is 5.78. The molecule has 0 saturated heterocycles. The lowest BCUT2D eigenvalue weighted by Gasteiger charge is -2.12. The molecule has 0 atom stereocenters. The molecule has 266 valence electrons. The topological polar surface area (TPSA) is 61.4 Å². The first kappa shape index (κ1) is 31.8. The van der Waals surface area contributed by atoms with Crippen LogP contribution < -0.4 is 0 Å². The van der Waals surface area contributed by atoms with Crippen LogP contribution in [0.15, 0.2) is 182 Å². The summed E-state index contributed by atoms with van der Waals surface area (Å²) in [6.45, 7) is 0. The van der Waals surface area contributed by atoms with Crippen molar-refractivity contribution in [3.05, 3.63) is 182 Å². The molecule has 0 unspecified atom stereocenters. The van der Waals surface area contributed by atoms with Gasteiger partial charge in [0.05, 0.1) is 38.8 Å². The average Bonchev–Trinajstić information content (AvgIpc) is 3.94.